The molecule has 4 fully saturated rings. The molecule has 126 valence electrons. The molecule has 0 spiro atoms. The minimum Gasteiger partial charge on any atom is -0.393 e. The van der Waals surface area contributed by atoms with Crippen LogP contribution in [0.25, 0.3) is 0 Å². The van der Waals surface area contributed by atoms with Crippen LogP contribution >= 0.6 is 0 Å². The van der Waals surface area contributed by atoms with Crippen LogP contribution in [-0.4, -0.2) is 22.4 Å². The Morgan fingerprint density at radius 2 is 1.50 bits per heavy atom. The molecule has 0 aliphatic heterocycles. The van der Waals surface area contributed by atoms with Crippen molar-refractivity contribution in [1.29, 1.82) is 0 Å². The van der Waals surface area contributed by atoms with Crippen LogP contribution in [0.4, 0.5) is 0 Å². The predicted molar refractivity (Wildman–Crippen MR) is 88.3 cm³/mol. The second-order valence-electron chi connectivity index (χ2n) is 9.77. The van der Waals surface area contributed by atoms with E-state index in [4.69, 9.17) is 0 Å². The summed E-state index contributed by atoms with van der Waals surface area (Å²) in [4.78, 5) is 0. The molecule has 0 aromatic rings. The Labute approximate surface area is 135 Å². The van der Waals surface area contributed by atoms with Gasteiger partial charge in [-0.25, -0.2) is 0 Å². The van der Waals surface area contributed by atoms with Crippen molar-refractivity contribution in [3.63, 3.8) is 0 Å². The van der Waals surface area contributed by atoms with Gasteiger partial charge in [0.2, 0.25) is 0 Å². The van der Waals surface area contributed by atoms with E-state index in [-0.39, 0.29) is 17.6 Å². The molecule has 0 aromatic carbocycles. The van der Waals surface area contributed by atoms with Crippen LogP contribution in [0.2, 0.25) is 0 Å². The first kappa shape index (κ1) is 15.4. The van der Waals surface area contributed by atoms with Crippen molar-refractivity contribution >= 4 is 0 Å². The first-order valence-electron chi connectivity index (χ1n) is 9.72. The molecule has 22 heavy (non-hydrogen) atoms. The van der Waals surface area contributed by atoms with Crippen molar-refractivity contribution in [3.05, 3.63) is 0 Å². The van der Waals surface area contributed by atoms with Gasteiger partial charge in [-0.2, -0.15) is 0 Å². The molecule has 4 unspecified atom stereocenters. The van der Waals surface area contributed by atoms with Crippen LogP contribution in [0, 0.1) is 40.4 Å². The van der Waals surface area contributed by atoms with Gasteiger partial charge in [0.15, 0.2) is 0 Å². The number of hydrogen-bond donors (Lipinski definition) is 2. The summed E-state index contributed by atoms with van der Waals surface area (Å²) in [5, 5.41) is 20.7. The zero-order valence-corrected chi connectivity index (χ0v) is 14.6. The minimum absolute atomic E-state index is 0.0519. The fourth-order valence-corrected chi connectivity index (χ4v) is 7.59. The molecular formula is C20H34O2. The molecule has 2 N–H and O–H groups in total. The van der Waals surface area contributed by atoms with Gasteiger partial charge in [-0.05, 0) is 91.8 Å². The molecule has 4 aliphatic carbocycles. The molecule has 2 nitrogen and oxygen atoms in total. The lowest BCUT2D eigenvalue weighted by atomic mass is 9.43. The van der Waals surface area contributed by atoms with Crippen molar-refractivity contribution in [2.45, 2.75) is 84.3 Å². The summed E-state index contributed by atoms with van der Waals surface area (Å²) < 4.78 is 0. The molecule has 9 atom stereocenters. The Morgan fingerprint density at radius 3 is 2.27 bits per heavy atom. The minimum atomic E-state index is -0.0654. The molecule has 2 heteroatoms. The van der Waals surface area contributed by atoms with E-state index >= 15 is 0 Å². The third kappa shape index (κ3) is 1.92. The molecule has 0 heterocycles. The average molecular weight is 306 g/mol. The lowest BCUT2D eigenvalue weighted by Crippen LogP contribution is -2.56. The van der Waals surface area contributed by atoms with E-state index in [1.54, 1.807) is 0 Å². The van der Waals surface area contributed by atoms with Crippen LogP contribution < -0.4 is 0 Å². The van der Waals surface area contributed by atoms with Gasteiger partial charge in [0.05, 0.1) is 12.2 Å². The van der Waals surface area contributed by atoms with E-state index in [1.807, 2.05) is 0 Å². The van der Waals surface area contributed by atoms with Crippen molar-refractivity contribution in [2.75, 3.05) is 0 Å². The highest BCUT2D eigenvalue weighted by Gasteiger charge is 2.61. The van der Waals surface area contributed by atoms with E-state index in [9.17, 15) is 10.2 Å². The summed E-state index contributed by atoms with van der Waals surface area (Å²) in [7, 11) is 0. The monoisotopic (exact) mass is 306 g/mol. The quantitative estimate of drug-likeness (QED) is 0.710. The molecule has 4 saturated carbocycles. The standard InChI is InChI=1S/C20H34O2/c1-12-10-13-11-14(21)6-8-19(13,2)16-7-9-20(3)15(18(12)16)4-5-17(20)22/h12-18,21-22H,4-11H2,1-3H3/t12?,13?,14?,15-,16+,17?,18-,19-,20-/m0/s1. The lowest BCUT2D eigenvalue weighted by molar-refractivity contribution is -0.153. The summed E-state index contributed by atoms with van der Waals surface area (Å²) in [5.41, 5.74) is 0.637. The highest BCUT2D eigenvalue weighted by Crippen LogP contribution is 2.67. The van der Waals surface area contributed by atoms with Crippen molar-refractivity contribution < 1.29 is 10.2 Å². The first-order valence-corrected chi connectivity index (χ1v) is 9.72. The molecule has 0 saturated heterocycles. The van der Waals surface area contributed by atoms with Crippen molar-refractivity contribution in [3.8, 4) is 0 Å². The third-order valence-corrected chi connectivity index (χ3v) is 8.95. The summed E-state index contributed by atoms with van der Waals surface area (Å²) in [5.74, 6) is 3.87. The van der Waals surface area contributed by atoms with Crippen LogP contribution in [0.5, 0.6) is 0 Å². The second kappa shape index (κ2) is 4.96. The number of aliphatic hydroxyl groups excluding tert-OH is 2. The maximum absolute atomic E-state index is 10.6. The van der Waals surface area contributed by atoms with E-state index in [0.29, 0.717) is 5.41 Å². The predicted octanol–water partition coefficient (Wildman–Crippen LogP) is 4.00. The van der Waals surface area contributed by atoms with E-state index in [0.717, 1.165) is 48.9 Å². The molecule has 4 rings (SSSR count). The van der Waals surface area contributed by atoms with Crippen LogP contribution in [0.15, 0.2) is 0 Å². The highest BCUT2D eigenvalue weighted by molar-refractivity contribution is 5.10. The van der Waals surface area contributed by atoms with Gasteiger partial charge in [0.1, 0.15) is 0 Å². The molecule has 0 amide bonds. The average Bonchev–Trinajstić information content (AvgIpc) is 2.77. The first-order chi connectivity index (χ1) is 10.4. The maximum atomic E-state index is 10.6. The third-order valence-electron chi connectivity index (χ3n) is 8.95. The molecular weight excluding hydrogens is 272 g/mol. The molecule has 4 aliphatic rings. The van der Waals surface area contributed by atoms with Gasteiger partial charge < -0.3 is 10.2 Å². The Kier molecular flexibility index (Phi) is 3.48. The smallest absolute Gasteiger partial charge is 0.0596 e. The Balaban J connectivity index is 1.67. The van der Waals surface area contributed by atoms with Gasteiger partial charge in [-0.3, -0.25) is 0 Å². The summed E-state index contributed by atoms with van der Waals surface area (Å²) in [6.07, 6.45) is 9.25. The molecule has 0 bridgehead atoms. The number of fused-ring (bicyclic) bond motifs is 5. The van der Waals surface area contributed by atoms with Crippen LogP contribution in [0.1, 0.15) is 72.1 Å². The van der Waals surface area contributed by atoms with Gasteiger partial charge in [-0.15, -0.1) is 0 Å². The van der Waals surface area contributed by atoms with E-state index < -0.39 is 0 Å². The Morgan fingerprint density at radius 1 is 0.818 bits per heavy atom. The Bertz CT molecular complexity index is 449. The van der Waals surface area contributed by atoms with E-state index in [1.165, 1.54) is 32.1 Å². The van der Waals surface area contributed by atoms with Crippen molar-refractivity contribution in [2.24, 2.45) is 40.4 Å². The van der Waals surface area contributed by atoms with E-state index in [2.05, 4.69) is 20.8 Å². The largest absolute Gasteiger partial charge is 0.393 e. The summed E-state index contributed by atoms with van der Waals surface area (Å²) in [6.45, 7) is 7.38. The van der Waals surface area contributed by atoms with Gasteiger partial charge in [0, 0.05) is 0 Å². The Hall–Kier alpha value is -0.0800. The zero-order valence-electron chi connectivity index (χ0n) is 14.6. The number of rotatable bonds is 0. The fourth-order valence-electron chi connectivity index (χ4n) is 7.59. The van der Waals surface area contributed by atoms with Crippen LogP contribution in [-0.2, 0) is 0 Å². The highest BCUT2D eigenvalue weighted by atomic mass is 16.3. The second-order valence-corrected chi connectivity index (χ2v) is 9.77. The van der Waals surface area contributed by atoms with Gasteiger partial charge in [-0.1, -0.05) is 20.8 Å². The zero-order chi connectivity index (χ0) is 15.7. The molecule has 0 radical (unpaired) electrons. The number of hydrogen-bond acceptors (Lipinski definition) is 2. The SMILES string of the molecule is CC1CC2CC(O)CC[C@]2(C)[C@@H]2CC[C@]3(C)C(O)CC[C@H]3[C@H]12. The van der Waals surface area contributed by atoms with Crippen LogP contribution in [0.3, 0.4) is 0 Å². The summed E-state index contributed by atoms with van der Waals surface area (Å²) >= 11 is 0. The topological polar surface area (TPSA) is 40.5 Å². The normalized spacial score (nSPS) is 61.2. The van der Waals surface area contributed by atoms with Crippen molar-refractivity contribution in [1.82, 2.24) is 0 Å². The maximum Gasteiger partial charge on any atom is 0.0596 e. The molecule has 0 aromatic heterocycles. The number of aliphatic hydroxyl groups is 2. The van der Waals surface area contributed by atoms with Gasteiger partial charge in [0.25, 0.3) is 0 Å². The summed E-state index contributed by atoms with van der Waals surface area (Å²) in [6, 6.07) is 0. The fraction of sp³-hybridized carbons (Fsp3) is 1.00. The lowest BCUT2D eigenvalue weighted by Gasteiger charge is -2.62. The van der Waals surface area contributed by atoms with Gasteiger partial charge >= 0.3 is 0 Å².